The molecule has 2 aromatic heterocycles. The molecule has 6 rings (SSSR count). The van der Waals surface area contributed by atoms with E-state index in [1.54, 1.807) is 18.5 Å². The molecule has 9 heteroatoms. The highest BCUT2D eigenvalue weighted by Crippen LogP contribution is 2.40. The normalized spacial score (nSPS) is 26.8. The van der Waals surface area contributed by atoms with Gasteiger partial charge in [0.2, 0.25) is 11.9 Å². The van der Waals surface area contributed by atoms with Crippen LogP contribution in [0, 0.1) is 5.92 Å². The number of aromatic nitrogens is 3. The van der Waals surface area contributed by atoms with Gasteiger partial charge >= 0.3 is 0 Å². The minimum Gasteiger partial charge on any atom is -0.396 e. The van der Waals surface area contributed by atoms with E-state index in [1.807, 2.05) is 30.5 Å². The van der Waals surface area contributed by atoms with Crippen LogP contribution in [0.4, 0.5) is 17.5 Å². The van der Waals surface area contributed by atoms with Gasteiger partial charge in [0.05, 0.1) is 18.1 Å². The quantitative estimate of drug-likeness (QED) is 0.390. The lowest BCUT2D eigenvalue weighted by Gasteiger charge is -2.40. The molecule has 0 spiro atoms. The number of primary amides is 1. The number of nitrogen functional groups attached to an aromatic ring is 1. The highest BCUT2D eigenvalue weighted by atomic mass is 16.1. The van der Waals surface area contributed by atoms with Gasteiger partial charge in [0.25, 0.3) is 0 Å². The fourth-order valence-electron chi connectivity index (χ4n) is 6.42. The van der Waals surface area contributed by atoms with Crippen LogP contribution >= 0.6 is 0 Å². The maximum Gasteiger partial charge on any atom is 0.248 e. The van der Waals surface area contributed by atoms with Crippen molar-refractivity contribution < 1.29 is 4.79 Å². The highest BCUT2D eigenvalue weighted by Gasteiger charge is 2.47. The Kier molecular flexibility index (Phi) is 6.38. The first-order valence-electron chi connectivity index (χ1n) is 13.3. The van der Waals surface area contributed by atoms with Crippen LogP contribution in [0.2, 0.25) is 0 Å². The van der Waals surface area contributed by atoms with E-state index in [0.29, 0.717) is 41.3 Å². The predicted molar refractivity (Wildman–Crippen MR) is 145 cm³/mol. The molecule has 1 aliphatic heterocycles. The van der Waals surface area contributed by atoms with Crippen LogP contribution in [0.25, 0.3) is 11.1 Å². The van der Waals surface area contributed by atoms with E-state index in [2.05, 4.69) is 36.6 Å². The van der Waals surface area contributed by atoms with Crippen LogP contribution in [-0.4, -0.2) is 51.6 Å². The van der Waals surface area contributed by atoms with Gasteiger partial charge in [-0.25, -0.2) is 15.0 Å². The third-order valence-corrected chi connectivity index (χ3v) is 8.16. The van der Waals surface area contributed by atoms with Gasteiger partial charge in [-0.3, -0.25) is 4.79 Å². The third-order valence-electron chi connectivity index (χ3n) is 8.16. The number of benzene rings is 1. The number of fused-ring (bicyclic) bond motifs is 2. The average Bonchev–Trinajstić information content (AvgIpc) is 3.51. The molecule has 3 heterocycles. The van der Waals surface area contributed by atoms with Gasteiger partial charge in [0, 0.05) is 42.5 Å². The van der Waals surface area contributed by atoms with Gasteiger partial charge in [-0.15, -0.1) is 0 Å². The van der Waals surface area contributed by atoms with Crippen LogP contribution in [0.3, 0.4) is 0 Å². The monoisotopic (exact) mass is 498 g/mol. The molecular formula is C28H34N8O. The number of nitrogens with zero attached hydrogens (tertiary/aromatic N) is 4. The minimum atomic E-state index is -0.424. The van der Waals surface area contributed by atoms with Crippen molar-refractivity contribution >= 4 is 23.4 Å². The fourth-order valence-corrected chi connectivity index (χ4v) is 6.42. The Labute approximate surface area is 217 Å². The zero-order valence-electron chi connectivity index (χ0n) is 20.9. The number of carbonyl (C=O) groups is 1. The smallest absolute Gasteiger partial charge is 0.248 e. The zero-order chi connectivity index (χ0) is 25.4. The van der Waals surface area contributed by atoms with Crippen LogP contribution in [0.5, 0.6) is 0 Å². The summed E-state index contributed by atoms with van der Waals surface area (Å²) in [5.41, 5.74) is 14.3. The minimum absolute atomic E-state index is 0.300. The van der Waals surface area contributed by atoms with Gasteiger partial charge in [-0.2, -0.15) is 0 Å². The summed E-state index contributed by atoms with van der Waals surface area (Å²) in [6.07, 6.45) is 12.3. The number of pyridine rings is 1. The van der Waals surface area contributed by atoms with E-state index in [4.69, 9.17) is 11.5 Å². The second-order valence-corrected chi connectivity index (χ2v) is 10.7. The van der Waals surface area contributed by atoms with Crippen LogP contribution < -0.4 is 27.0 Å². The van der Waals surface area contributed by atoms with Crippen LogP contribution in [-0.2, 0) is 0 Å². The average molecular weight is 499 g/mol. The molecule has 3 fully saturated rings. The second-order valence-electron chi connectivity index (χ2n) is 10.7. The Morgan fingerprint density at radius 3 is 2.51 bits per heavy atom. The number of carbonyl (C=O) groups excluding carboxylic acids is 1. The highest BCUT2D eigenvalue weighted by molar-refractivity contribution is 5.94. The molecule has 0 unspecified atom stereocenters. The lowest BCUT2D eigenvalue weighted by molar-refractivity contribution is 0.100. The van der Waals surface area contributed by atoms with Gasteiger partial charge in [-0.1, -0.05) is 25.0 Å². The van der Waals surface area contributed by atoms with Crippen molar-refractivity contribution in [2.24, 2.45) is 11.7 Å². The molecule has 1 amide bonds. The van der Waals surface area contributed by atoms with E-state index < -0.39 is 5.91 Å². The summed E-state index contributed by atoms with van der Waals surface area (Å²) >= 11 is 0. The van der Waals surface area contributed by atoms with E-state index >= 15 is 0 Å². The summed E-state index contributed by atoms with van der Waals surface area (Å²) in [6, 6.07) is 12.9. The molecule has 3 aromatic rings. The molecule has 2 bridgehead atoms. The molecule has 2 saturated carbocycles. The molecular weight excluding hydrogens is 464 g/mol. The third kappa shape index (κ3) is 4.96. The Bertz CT molecular complexity index is 1270. The lowest BCUT2D eigenvalue weighted by atomic mass is 9.89. The molecule has 0 radical (unpaired) electrons. The van der Waals surface area contributed by atoms with E-state index in [9.17, 15) is 4.79 Å². The van der Waals surface area contributed by atoms with E-state index in [0.717, 1.165) is 42.3 Å². The summed E-state index contributed by atoms with van der Waals surface area (Å²) in [5, 5.41) is 7.76. The first-order valence-corrected chi connectivity index (χ1v) is 13.3. The van der Waals surface area contributed by atoms with Gasteiger partial charge in [-0.05, 0) is 67.0 Å². The SMILES string of the molecule is NC(=O)c1cccc(-c2ccnc(N[C@@H]3CCCC[C@H]3N[C@H]3C[C@@H]4C[C@H]3N(c3ncc(N)cn3)C4)c2)c1. The molecule has 192 valence electrons. The number of amides is 1. The molecule has 37 heavy (non-hydrogen) atoms. The number of nitrogens with two attached hydrogens (primary N) is 2. The van der Waals surface area contributed by atoms with Crippen molar-refractivity contribution in [2.45, 2.75) is 62.7 Å². The number of piperidine rings is 1. The summed E-state index contributed by atoms with van der Waals surface area (Å²) < 4.78 is 0. The van der Waals surface area contributed by atoms with Crippen molar-refractivity contribution in [3.05, 3.63) is 60.6 Å². The Morgan fingerprint density at radius 2 is 1.73 bits per heavy atom. The summed E-state index contributed by atoms with van der Waals surface area (Å²) in [7, 11) is 0. The first kappa shape index (κ1) is 23.7. The van der Waals surface area contributed by atoms with Gasteiger partial charge in [0.1, 0.15) is 5.82 Å². The fraction of sp³-hybridized carbons (Fsp3) is 0.429. The van der Waals surface area contributed by atoms with Crippen molar-refractivity contribution in [3.63, 3.8) is 0 Å². The maximum atomic E-state index is 11.6. The number of anilines is 3. The van der Waals surface area contributed by atoms with Crippen molar-refractivity contribution in [2.75, 3.05) is 22.5 Å². The molecule has 1 aromatic carbocycles. The largest absolute Gasteiger partial charge is 0.396 e. The van der Waals surface area contributed by atoms with Gasteiger partial charge < -0.3 is 27.0 Å². The Balaban J connectivity index is 1.15. The summed E-state index contributed by atoms with van der Waals surface area (Å²) in [5.74, 6) is 1.89. The molecule has 1 saturated heterocycles. The molecule has 5 atom stereocenters. The topological polar surface area (TPSA) is 135 Å². The van der Waals surface area contributed by atoms with Crippen LogP contribution in [0.1, 0.15) is 48.9 Å². The van der Waals surface area contributed by atoms with E-state index in [-0.39, 0.29) is 0 Å². The molecule has 6 N–H and O–H groups in total. The maximum absolute atomic E-state index is 11.6. The summed E-state index contributed by atoms with van der Waals surface area (Å²) in [6.45, 7) is 1.02. The molecule has 9 nitrogen and oxygen atoms in total. The van der Waals surface area contributed by atoms with E-state index in [1.165, 1.54) is 25.7 Å². The number of rotatable bonds is 7. The number of nitrogens with one attached hydrogen (secondary N) is 2. The van der Waals surface area contributed by atoms with Crippen LogP contribution in [0.15, 0.2) is 55.0 Å². The predicted octanol–water partition coefficient (Wildman–Crippen LogP) is 3.20. The van der Waals surface area contributed by atoms with Crippen molar-refractivity contribution in [1.82, 2.24) is 20.3 Å². The van der Waals surface area contributed by atoms with Crippen molar-refractivity contribution in [3.8, 4) is 11.1 Å². The van der Waals surface area contributed by atoms with Gasteiger partial charge in [0.15, 0.2) is 0 Å². The lowest BCUT2D eigenvalue weighted by Crippen LogP contribution is -2.56. The Morgan fingerprint density at radius 1 is 0.946 bits per heavy atom. The summed E-state index contributed by atoms with van der Waals surface area (Å²) in [4.78, 5) is 27.6. The van der Waals surface area contributed by atoms with Crippen molar-refractivity contribution in [1.29, 1.82) is 0 Å². The first-order chi connectivity index (χ1) is 18.0. The standard InChI is InChI=1S/C28H34N8O/c29-21-14-32-28(33-15-21)36-16-17-10-24(25(36)11-17)34-22-6-1-2-7-23(22)35-26-13-19(8-9-31-26)18-4-3-5-20(12-18)27(30)37/h3-5,8-9,12-15,17,22-25,34H,1-2,6-7,10-11,16,29H2,(H2,30,37)(H,31,35)/t17-,22-,23-,24+,25-/m1/s1. The number of hydrogen-bond donors (Lipinski definition) is 4. The molecule has 2 aliphatic carbocycles. The molecule has 3 aliphatic rings. The number of hydrogen-bond acceptors (Lipinski definition) is 8. The Hall–Kier alpha value is -3.72. The zero-order valence-corrected chi connectivity index (χ0v) is 20.9. The second kappa shape index (κ2) is 9.97.